The molecule has 2 aromatic rings. The number of hydrogen-bond acceptors (Lipinski definition) is 3. The summed E-state index contributed by atoms with van der Waals surface area (Å²) in [4.78, 5) is 43.3. The smallest absolute Gasteiger partial charge is 0.253 e. The van der Waals surface area contributed by atoms with Gasteiger partial charge >= 0.3 is 0 Å². The molecule has 3 amide bonds. The van der Waals surface area contributed by atoms with Crippen LogP contribution in [0.4, 0.5) is 0 Å². The van der Waals surface area contributed by atoms with Gasteiger partial charge in [0, 0.05) is 45.8 Å². The van der Waals surface area contributed by atoms with Crippen LogP contribution in [0.3, 0.4) is 0 Å². The molecule has 32 heavy (non-hydrogen) atoms. The van der Waals surface area contributed by atoms with Crippen molar-refractivity contribution < 1.29 is 14.4 Å². The van der Waals surface area contributed by atoms with Crippen LogP contribution >= 0.6 is 0 Å². The summed E-state index contributed by atoms with van der Waals surface area (Å²) in [6.07, 6.45) is 2.02. The predicted molar refractivity (Wildman–Crippen MR) is 125 cm³/mol. The summed E-state index contributed by atoms with van der Waals surface area (Å²) in [6, 6.07) is 17.2. The van der Waals surface area contributed by atoms with Crippen LogP contribution in [-0.2, 0) is 22.6 Å². The van der Waals surface area contributed by atoms with Crippen LogP contribution in [0.5, 0.6) is 0 Å². The Hall–Kier alpha value is -3.15. The summed E-state index contributed by atoms with van der Waals surface area (Å²) >= 11 is 0. The zero-order valence-electron chi connectivity index (χ0n) is 19.3. The van der Waals surface area contributed by atoms with E-state index < -0.39 is 0 Å². The molecule has 1 fully saturated rings. The van der Waals surface area contributed by atoms with E-state index in [1.54, 1.807) is 31.1 Å². The normalized spacial score (nSPS) is 15.8. The highest BCUT2D eigenvalue weighted by Crippen LogP contribution is 2.21. The number of hydrogen-bond donors (Lipinski definition) is 0. The van der Waals surface area contributed by atoms with E-state index in [9.17, 15) is 14.4 Å². The van der Waals surface area contributed by atoms with Crippen LogP contribution in [0.1, 0.15) is 41.3 Å². The van der Waals surface area contributed by atoms with Gasteiger partial charge in [0.05, 0.1) is 12.3 Å². The SMILES string of the molecule is CCN(Cc1ccc(C(=O)N(C)C)cc1)C(=O)C1CCCN(C(=O)Cc2ccccc2)C1. The van der Waals surface area contributed by atoms with E-state index in [4.69, 9.17) is 0 Å². The van der Waals surface area contributed by atoms with Crippen molar-refractivity contribution in [2.75, 3.05) is 33.7 Å². The van der Waals surface area contributed by atoms with E-state index in [-0.39, 0.29) is 23.6 Å². The molecule has 0 spiro atoms. The van der Waals surface area contributed by atoms with Crippen molar-refractivity contribution in [2.24, 2.45) is 5.92 Å². The molecule has 1 heterocycles. The van der Waals surface area contributed by atoms with Crippen LogP contribution in [-0.4, -0.2) is 66.2 Å². The van der Waals surface area contributed by atoms with E-state index in [2.05, 4.69) is 0 Å². The Labute approximate surface area is 190 Å². The van der Waals surface area contributed by atoms with Gasteiger partial charge in [-0.1, -0.05) is 42.5 Å². The van der Waals surface area contributed by atoms with Crippen molar-refractivity contribution in [1.82, 2.24) is 14.7 Å². The number of amides is 3. The molecule has 170 valence electrons. The maximum Gasteiger partial charge on any atom is 0.253 e. The fourth-order valence-electron chi connectivity index (χ4n) is 4.12. The second-order valence-corrected chi connectivity index (χ2v) is 8.59. The summed E-state index contributed by atoms with van der Waals surface area (Å²) in [7, 11) is 3.46. The molecule has 1 unspecified atom stereocenters. The maximum absolute atomic E-state index is 13.3. The Bertz CT molecular complexity index is 925. The largest absolute Gasteiger partial charge is 0.345 e. The average molecular weight is 436 g/mol. The summed E-state index contributed by atoms with van der Waals surface area (Å²) in [5.41, 5.74) is 2.62. The predicted octanol–water partition coefficient (Wildman–Crippen LogP) is 3.22. The maximum atomic E-state index is 13.3. The first-order chi connectivity index (χ1) is 15.4. The molecule has 0 radical (unpaired) electrons. The summed E-state index contributed by atoms with van der Waals surface area (Å²) in [5.74, 6) is -0.0310. The minimum Gasteiger partial charge on any atom is -0.345 e. The zero-order valence-corrected chi connectivity index (χ0v) is 19.3. The minimum atomic E-state index is -0.169. The molecule has 6 nitrogen and oxygen atoms in total. The third kappa shape index (κ3) is 5.96. The number of piperidine rings is 1. The van der Waals surface area contributed by atoms with Crippen molar-refractivity contribution in [3.8, 4) is 0 Å². The molecule has 0 N–H and O–H groups in total. The number of rotatable bonds is 7. The molecule has 0 saturated carbocycles. The summed E-state index contributed by atoms with van der Waals surface area (Å²) in [6.45, 7) is 4.27. The van der Waals surface area contributed by atoms with Crippen molar-refractivity contribution in [3.63, 3.8) is 0 Å². The highest BCUT2D eigenvalue weighted by Gasteiger charge is 2.30. The van der Waals surface area contributed by atoms with Crippen LogP contribution in [0.2, 0.25) is 0 Å². The van der Waals surface area contributed by atoms with Gasteiger partial charge in [0.1, 0.15) is 0 Å². The molecule has 3 rings (SSSR count). The molecule has 0 bridgehead atoms. The van der Waals surface area contributed by atoms with Crippen LogP contribution < -0.4 is 0 Å². The van der Waals surface area contributed by atoms with E-state index >= 15 is 0 Å². The van der Waals surface area contributed by atoms with Gasteiger partial charge in [-0.3, -0.25) is 14.4 Å². The van der Waals surface area contributed by atoms with Gasteiger partial charge in [0.15, 0.2) is 0 Å². The summed E-state index contributed by atoms with van der Waals surface area (Å²) in [5, 5.41) is 0. The van der Waals surface area contributed by atoms with Gasteiger partial charge in [-0.2, -0.15) is 0 Å². The zero-order chi connectivity index (χ0) is 23.1. The topological polar surface area (TPSA) is 60.9 Å². The quantitative estimate of drug-likeness (QED) is 0.671. The number of benzene rings is 2. The van der Waals surface area contributed by atoms with E-state index in [0.717, 1.165) is 24.0 Å². The molecule has 2 aromatic carbocycles. The van der Waals surface area contributed by atoms with Crippen molar-refractivity contribution in [1.29, 1.82) is 0 Å². The fourth-order valence-corrected chi connectivity index (χ4v) is 4.12. The Morgan fingerprint density at radius 3 is 2.28 bits per heavy atom. The van der Waals surface area contributed by atoms with Crippen LogP contribution in [0.15, 0.2) is 54.6 Å². The van der Waals surface area contributed by atoms with Crippen LogP contribution in [0.25, 0.3) is 0 Å². The second-order valence-electron chi connectivity index (χ2n) is 8.59. The minimum absolute atomic E-state index is 0.0394. The first-order valence-corrected chi connectivity index (χ1v) is 11.3. The monoisotopic (exact) mass is 435 g/mol. The van der Waals surface area contributed by atoms with E-state index in [1.807, 2.05) is 59.2 Å². The first kappa shape index (κ1) is 23.5. The van der Waals surface area contributed by atoms with E-state index in [1.165, 1.54) is 0 Å². The highest BCUT2D eigenvalue weighted by molar-refractivity contribution is 5.93. The highest BCUT2D eigenvalue weighted by atomic mass is 16.2. The number of nitrogens with zero attached hydrogens (tertiary/aromatic N) is 3. The lowest BCUT2D eigenvalue weighted by molar-refractivity contribution is -0.141. The Kier molecular flexibility index (Phi) is 8.03. The molecule has 1 atom stereocenters. The van der Waals surface area contributed by atoms with Crippen molar-refractivity contribution in [3.05, 3.63) is 71.3 Å². The Morgan fingerprint density at radius 1 is 0.969 bits per heavy atom. The molecule has 0 aromatic heterocycles. The lowest BCUT2D eigenvalue weighted by Gasteiger charge is -2.35. The number of likely N-dealkylation sites (tertiary alicyclic amines) is 1. The molecule has 1 saturated heterocycles. The van der Waals surface area contributed by atoms with Crippen molar-refractivity contribution >= 4 is 17.7 Å². The van der Waals surface area contributed by atoms with Gasteiger partial charge in [0.25, 0.3) is 5.91 Å². The Morgan fingerprint density at radius 2 is 1.66 bits per heavy atom. The third-order valence-electron chi connectivity index (χ3n) is 6.00. The van der Waals surface area contributed by atoms with Gasteiger partial charge in [-0.05, 0) is 43.0 Å². The standard InChI is InChI=1S/C26H33N3O3/c1-4-28(18-21-12-14-22(15-13-21)25(31)27(2)3)26(32)23-11-8-16-29(19-23)24(30)17-20-9-6-5-7-10-20/h5-7,9-10,12-15,23H,4,8,11,16-19H2,1-3H3. The number of carbonyl (C=O) groups is 3. The average Bonchev–Trinajstić information content (AvgIpc) is 2.82. The third-order valence-corrected chi connectivity index (χ3v) is 6.00. The summed E-state index contributed by atoms with van der Waals surface area (Å²) < 4.78 is 0. The molecule has 0 aliphatic carbocycles. The van der Waals surface area contributed by atoms with Gasteiger partial charge in [-0.25, -0.2) is 0 Å². The lowest BCUT2D eigenvalue weighted by Crippen LogP contribution is -2.47. The van der Waals surface area contributed by atoms with Crippen LogP contribution in [0, 0.1) is 5.92 Å². The molecular weight excluding hydrogens is 402 g/mol. The van der Waals surface area contributed by atoms with Gasteiger partial charge < -0.3 is 14.7 Å². The fraction of sp³-hybridized carbons (Fsp3) is 0.423. The van der Waals surface area contributed by atoms with E-state index in [0.29, 0.717) is 38.2 Å². The molecule has 1 aliphatic rings. The van der Waals surface area contributed by atoms with Gasteiger partial charge in [0.2, 0.25) is 11.8 Å². The van der Waals surface area contributed by atoms with Gasteiger partial charge in [-0.15, -0.1) is 0 Å². The molecule has 6 heteroatoms. The first-order valence-electron chi connectivity index (χ1n) is 11.3. The Balaban J connectivity index is 1.60. The van der Waals surface area contributed by atoms with Crippen molar-refractivity contribution in [2.45, 2.75) is 32.7 Å². The lowest BCUT2D eigenvalue weighted by atomic mass is 9.95. The molecule has 1 aliphatic heterocycles. The second kappa shape index (κ2) is 10.9. The number of carbonyl (C=O) groups excluding carboxylic acids is 3. The molecular formula is C26H33N3O3.